The van der Waals surface area contributed by atoms with Crippen LogP contribution in [0, 0.1) is 5.92 Å². The van der Waals surface area contributed by atoms with E-state index in [1.807, 2.05) is 7.05 Å². The van der Waals surface area contributed by atoms with E-state index in [9.17, 15) is 4.79 Å². The molecule has 0 aromatic rings. The van der Waals surface area contributed by atoms with Gasteiger partial charge >= 0.3 is 0 Å². The summed E-state index contributed by atoms with van der Waals surface area (Å²) in [5.74, 6) is 0.960. The molecule has 0 saturated heterocycles. The Kier molecular flexibility index (Phi) is 4.22. The molecule has 0 heterocycles. The standard InChI is InChI=1S/C10H20N2O/c1-3-4-8-7-9(8)12-10(13)5-6-11-2/h8-9,11H,3-7H2,1-2H3,(H,12,13). The second-order valence-electron chi connectivity index (χ2n) is 3.81. The summed E-state index contributed by atoms with van der Waals surface area (Å²) in [5.41, 5.74) is 0. The Balaban J connectivity index is 2.03. The van der Waals surface area contributed by atoms with Crippen molar-refractivity contribution in [1.29, 1.82) is 0 Å². The monoisotopic (exact) mass is 184 g/mol. The first-order chi connectivity index (χ1) is 6.27. The van der Waals surface area contributed by atoms with Gasteiger partial charge in [-0.1, -0.05) is 13.3 Å². The van der Waals surface area contributed by atoms with Crippen LogP contribution in [0.3, 0.4) is 0 Å². The number of nitrogens with one attached hydrogen (secondary N) is 2. The predicted octanol–water partition coefficient (Wildman–Crippen LogP) is 0.901. The van der Waals surface area contributed by atoms with E-state index < -0.39 is 0 Å². The summed E-state index contributed by atoms with van der Waals surface area (Å²) >= 11 is 0. The molecule has 76 valence electrons. The predicted molar refractivity (Wildman–Crippen MR) is 53.5 cm³/mol. The Morgan fingerprint density at radius 1 is 1.54 bits per heavy atom. The van der Waals surface area contributed by atoms with Crippen LogP contribution < -0.4 is 10.6 Å². The van der Waals surface area contributed by atoms with Crippen LogP contribution in [-0.4, -0.2) is 25.5 Å². The number of hydrogen-bond acceptors (Lipinski definition) is 2. The Labute approximate surface area is 80.3 Å². The summed E-state index contributed by atoms with van der Waals surface area (Å²) in [6, 6.07) is 0.490. The van der Waals surface area contributed by atoms with Gasteiger partial charge in [0.25, 0.3) is 0 Å². The third kappa shape index (κ3) is 3.77. The normalized spacial score (nSPS) is 25.7. The molecule has 1 amide bonds. The third-order valence-corrected chi connectivity index (χ3v) is 2.53. The molecule has 2 N–H and O–H groups in total. The van der Waals surface area contributed by atoms with E-state index in [1.54, 1.807) is 0 Å². The maximum Gasteiger partial charge on any atom is 0.221 e. The first-order valence-electron chi connectivity index (χ1n) is 5.22. The topological polar surface area (TPSA) is 41.1 Å². The molecule has 2 unspecified atom stereocenters. The minimum Gasteiger partial charge on any atom is -0.353 e. The van der Waals surface area contributed by atoms with Crippen molar-refractivity contribution in [1.82, 2.24) is 10.6 Å². The van der Waals surface area contributed by atoms with E-state index in [2.05, 4.69) is 17.6 Å². The molecule has 3 nitrogen and oxygen atoms in total. The van der Waals surface area contributed by atoms with Crippen LogP contribution in [0.15, 0.2) is 0 Å². The van der Waals surface area contributed by atoms with E-state index in [0.29, 0.717) is 12.5 Å². The van der Waals surface area contributed by atoms with Gasteiger partial charge in [0.2, 0.25) is 5.91 Å². The largest absolute Gasteiger partial charge is 0.353 e. The van der Waals surface area contributed by atoms with Crippen LogP contribution in [0.5, 0.6) is 0 Å². The van der Waals surface area contributed by atoms with Crippen molar-refractivity contribution < 1.29 is 4.79 Å². The Morgan fingerprint density at radius 2 is 2.31 bits per heavy atom. The molecule has 1 aliphatic rings. The minimum absolute atomic E-state index is 0.193. The maximum absolute atomic E-state index is 11.3. The van der Waals surface area contributed by atoms with Gasteiger partial charge in [-0.3, -0.25) is 4.79 Å². The highest BCUT2D eigenvalue weighted by Crippen LogP contribution is 2.34. The van der Waals surface area contributed by atoms with Gasteiger partial charge in [0, 0.05) is 19.0 Å². The Hall–Kier alpha value is -0.570. The maximum atomic E-state index is 11.3. The van der Waals surface area contributed by atoms with E-state index >= 15 is 0 Å². The summed E-state index contributed by atoms with van der Waals surface area (Å²) in [4.78, 5) is 11.3. The van der Waals surface area contributed by atoms with Crippen LogP contribution in [0.2, 0.25) is 0 Å². The number of hydrogen-bond donors (Lipinski definition) is 2. The van der Waals surface area contributed by atoms with Crippen LogP contribution >= 0.6 is 0 Å². The molecule has 0 radical (unpaired) electrons. The van der Waals surface area contributed by atoms with Gasteiger partial charge in [0.05, 0.1) is 0 Å². The van der Waals surface area contributed by atoms with Gasteiger partial charge in [-0.05, 0) is 25.8 Å². The number of amides is 1. The lowest BCUT2D eigenvalue weighted by Crippen LogP contribution is -2.29. The number of rotatable bonds is 6. The Morgan fingerprint density at radius 3 is 2.92 bits per heavy atom. The first kappa shape index (κ1) is 10.5. The van der Waals surface area contributed by atoms with Gasteiger partial charge in [0.1, 0.15) is 0 Å². The van der Waals surface area contributed by atoms with Crippen molar-refractivity contribution in [2.24, 2.45) is 5.92 Å². The molecule has 2 atom stereocenters. The van der Waals surface area contributed by atoms with Crippen molar-refractivity contribution >= 4 is 5.91 Å². The molecule has 0 aromatic heterocycles. The highest BCUT2D eigenvalue weighted by Gasteiger charge is 2.36. The summed E-state index contributed by atoms with van der Waals surface area (Å²) in [7, 11) is 1.87. The summed E-state index contributed by atoms with van der Waals surface area (Å²) in [6.07, 6.45) is 4.29. The zero-order chi connectivity index (χ0) is 9.68. The molecule has 13 heavy (non-hydrogen) atoms. The number of carbonyl (C=O) groups is 1. The molecular formula is C10H20N2O. The molecule has 3 heteroatoms. The van der Waals surface area contributed by atoms with Crippen molar-refractivity contribution in [3.8, 4) is 0 Å². The molecule has 0 spiro atoms. The Bertz CT molecular complexity index is 170. The zero-order valence-corrected chi connectivity index (χ0v) is 8.60. The van der Waals surface area contributed by atoms with Crippen LogP contribution in [-0.2, 0) is 4.79 Å². The minimum atomic E-state index is 0.193. The van der Waals surface area contributed by atoms with E-state index in [0.717, 1.165) is 12.5 Å². The lowest BCUT2D eigenvalue weighted by atomic mass is 10.2. The van der Waals surface area contributed by atoms with Crippen molar-refractivity contribution in [2.75, 3.05) is 13.6 Å². The van der Waals surface area contributed by atoms with Crippen LogP contribution in [0.4, 0.5) is 0 Å². The fourth-order valence-corrected chi connectivity index (χ4v) is 1.63. The molecule has 0 aromatic carbocycles. The first-order valence-corrected chi connectivity index (χ1v) is 5.22. The van der Waals surface area contributed by atoms with E-state index in [-0.39, 0.29) is 5.91 Å². The van der Waals surface area contributed by atoms with Crippen molar-refractivity contribution in [2.45, 2.75) is 38.6 Å². The molecular weight excluding hydrogens is 164 g/mol. The quantitative estimate of drug-likeness (QED) is 0.644. The third-order valence-electron chi connectivity index (χ3n) is 2.53. The second kappa shape index (κ2) is 5.22. The summed E-state index contributed by atoms with van der Waals surface area (Å²) < 4.78 is 0. The SMILES string of the molecule is CCCC1CC1NC(=O)CCNC. The average Bonchev–Trinajstić information content (AvgIpc) is 2.81. The molecule has 0 aliphatic heterocycles. The van der Waals surface area contributed by atoms with E-state index in [1.165, 1.54) is 19.3 Å². The summed E-state index contributed by atoms with van der Waals surface area (Å²) in [6.45, 7) is 2.97. The van der Waals surface area contributed by atoms with Gasteiger partial charge in [-0.25, -0.2) is 0 Å². The fraction of sp³-hybridized carbons (Fsp3) is 0.900. The smallest absolute Gasteiger partial charge is 0.221 e. The van der Waals surface area contributed by atoms with Gasteiger partial charge in [0.15, 0.2) is 0 Å². The fourth-order valence-electron chi connectivity index (χ4n) is 1.63. The van der Waals surface area contributed by atoms with Gasteiger partial charge in [-0.15, -0.1) is 0 Å². The zero-order valence-electron chi connectivity index (χ0n) is 8.60. The number of carbonyl (C=O) groups excluding carboxylic acids is 1. The summed E-state index contributed by atoms with van der Waals surface area (Å²) in [5, 5.41) is 6.01. The van der Waals surface area contributed by atoms with E-state index in [4.69, 9.17) is 0 Å². The van der Waals surface area contributed by atoms with Crippen LogP contribution in [0.25, 0.3) is 0 Å². The molecule has 1 aliphatic carbocycles. The van der Waals surface area contributed by atoms with Gasteiger partial charge < -0.3 is 10.6 Å². The second-order valence-corrected chi connectivity index (χ2v) is 3.81. The highest BCUT2D eigenvalue weighted by molar-refractivity contribution is 5.76. The van der Waals surface area contributed by atoms with Crippen molar-refractivity contribution in [3.05, 3.63) is 0 Å². The van der Waals surface area contributed by atoms with Crippen LogP contribution in [0.1, 0.15) is 32.6 Å². The highest BCUT2D eigenvalue weighted by atomic mass is 16.1. The molecule has 1 saturated carbocycles. The van der Waals surface area contributed by atoms with Crippen molar-refractivity contribution in [3.63, 3.8) is 0 Å². The molecule has 0 bridgehead atoms. The molecule has 1 fully saturated rings. The molecule has 1 rings (SSSR count). The average molecular weight is 184 g/mol. The van der Waals surface area contributed by atoms with Gasteiger partial charge in [-0.2, -0.15) is 0 Å². The lowest BCUT2D eigenvalue weighted by Gasteiger charge is -2.03. The lowest BCUT2D eigenvalue weighted by molar-refractivity contribution is -0.121.